The monoisotopic (exact) mass is 515 g/mol. The van der Waals surface area contributed by atoms with Crippen LogP contribution in [0.4, 0.5) is 0 Å². The van der Waals surface area contributed by atoms with Gasteiger partial charge in [0.25, 0.3) is 5.56 Å². The van der Waals surface area contributed by atoms with Gasteiger partial charge < -0.3 is 4.74 Å². The van der Waals surface area contributed by atoms with Gasteiger partial charge in [-0.2, -0.15) is 4.98 Å². The molecule has 0 N–H and O–H groups in total. The summed E-state index contributed by atoms with van der Waals surface area (Å²) in [7, 11) is 3.18. The van der Waals surface area contributed by atoms with Gasteiger partial charge in [0.2, 0.25) is 0 Å². The van der Waals surface area contributed by atoms with Crippen molar-refractivity contribution in [2.75, 3.05) is 0 Å². The molecule has 2 aromatic carbocycles. The lowest BCUT2D eigenvalue weighted by molar-refractivity contribution is 0.431. The van der Waals surface area contributed by atoms with Crippen LogP contribution in [-0.4, -0.2) is 23.7 Å². The predicted octanol–water partition coefficient (Wildman–Crippen LogP) is 4.78. The average Bonchev–Trinajstić information content (AvgIpc) is 3.14. The molecule has 8 nitrogen and oxygen atoms in total. The van der Waals surface area contributed by atoms with E-state index in [1.54, 1.807) is 56.7 Å². The number of aryl methyl sites for hydroxylation is 2. The molecule has 0 fully saturated rings. The molecule has 0 amide bonds. The van der Waals surface area contributed by atoms with Crippen LogP contribution >= 0.6 is 34.8 Å². The Labute approximate surface area is 207 Å². The lowest BCUT2D eigenvalue weighted by atomic mass is 10.2. The van der Waals surface area contributed by atoms with Crippen LogP contribution in [0.1, 0.15) is 5.56 Å². The highest BCUT2D eigenvalue weighted by Crippen LogP contribution is 2.32. The van der Waals surface area contributed by atoms with Crippen LogP contribution in [0.5, 0.6) is 11.8 Å². The maximum absolute atomic E-state index is 13.4. The first-order chi connectivity index (χ1) is 16.3. The topological polar surface area (TPSA) is 83.9 Å². The van der Waals surface area contributed by atoms with Crippen molar-refractivity contribution >= 4 is 56.9 Å². The second kappa shape index (κ2) is 8.47. The first-order valence-corrected chi connectivity index (χ1v) is 11.2. The van der Waals surface area contributed by atoms with E-state index < -0.39 is 11.2 Å². The predicted molar refractivity (Wildman–Crippen MR) is 133 cm³/mol. The fourth-order valence-electron chi connectivity index (χ4n) is 3.77. The summed E-state index contributed by atoms with van der Waals surface area (Å²) in [5, 5.41) is 2.07. The summed E-state index contributed by atoms with van der Waals surface area (Å²) in [6.45, 7) is -0.0233. The molecule has 0 spiro atoms. The van der Waals surface area contributed by atoms with E-state index in [1.165, 1.54) is 9.13 Å². The summed E-state index contributed by atoms with van der Waals surface area (Å²) < 4.78 is 9.93. The number of fused-ring (bicyclic) bond motifs is 2. The molecule has 0 bridgehead atoms. The lowest BCUT2D eigenvalue weighted by Crippen LogP contribution is -2.39. The summed E-state index contributed by atoms with van der Waals surface area (Å²) in [6.07, 6.45) is 1.63. The number of rotatable bonds is 4. The van der Waals surface area contributed by atoms with Crippen molar-refractivity contribution in [3.05, 3.63) is 90.1 Å². The molecule has 5 rings (SSSR count). The van der Waals surface area contributed by atoms with Gasteiger partial charge in [0.1, 0.15) is 5.52 Å². The minimum Gasteiger partial charge on any atom is -0.423 e. The fraction of sp³-hybridized carbons (Fsp3) is 0.130. The Morgan fingerprint density at radius 1 is 0.971 bits per heavy atom. The molecule has 11 heteroatoms. The Kier molecular flexibility index (Phi) is 5.59. The number of aromatic nitrogens is 5. The van der Waals surface area contributed by atoms with Crippen LogP contribution in [0.3, 0.4) is 0 Å². The second-order valence-electron chi connectivity index (χ2n) is 7.64. The number of ether oxygens (including phenoxy) is 1. The maximum Gasteiger partial charge on any atom is 0.332 e. The molecular formula is C23H16Cl3N5O3. The highest BCUT2D eigenvalue weighted by Gasteiger charge is 2.21. The second-order valence-corrected chi connectivity index (χ2v) is 8.89. The molecule has 5 aromatic rings. The van der Waals surface area contributed by atoms with Gasteiger partial charge in [0.15, 0.2) is 16.9 Å². The number of halogens is 3. The molecule has 0 radical (unpaired) electrons. The van der Waals surface area contributed by atoms with Gasteiger partial charge in [-0.25, -0.2) is 4.79 Å². The zero-order valence-electron chi connectivity index (χ0n) is 17.9. The Hall–Kier alpha value is -3.33. The third-order valence-corrected chi connectivity index (χ3v) is 6.46. The molecule has 0 saturated heterocycles. The number of hydrogen-bond donors (Lipinski definition) is 0. The van der Waals surface area contributed by atoms with Crippen LogP contribution in [0.15, 0.2) is 58.3 Å². The van der Waals surface area contributed by atoms with Gasteiger partial charge in [0, 0.05) is 35.7 Å². The van der Waals surface area contributed by atoms with E-state index in [1.807, 2.05) is 6.07 Å². The normalized spacial score (nSPS) is 11.4. The Morgan fingerprint density at radius 2 is 1.76 bits per heavy atom. The van der Waals surface area contributed by atoms with Crippen LogP contribution < -0.4 is 16.0 Å². The van der Waals surface area contributed by atoms with Gasteiger partial charge in [-0.3, -0.25) is 23.5 Å². The van der Waals surface area contributed by atoms with Crippen molar-refractivity contribution < 1.29 is 4.74 Å². The van der Waals surface area contributed by atoms with Gasteiger partial charge >= 0.3 is 11.7 Å². The number of benzene rings is 2. The number of nitrogens with zero attached hydrogens (tertiary/aromatic N) is 5. The molecule has 172 valence electrons. The van der Waals surface area contributed by atoms with Crippen molar-refractivity contribution in [2.45, 2.75) is 6.54 Å². The number of imidazole rings is 1. The van der Waals surface area contributed by atoms with Gasteiger partial charge in [-0.1, -0.05) is 40.9 Å². The van der Waals surface area contributed by atoms with Crippen molar-refractivity contribution in [1.29, 1.82) is 0 Å². The summed E-state index contributed by atoms with van der Waals surface area (Å²) >= 11 is 18.5. The molecule has 0 aliphatic carbocycles. The van der Waals surface area contributed by atoms with Gasteiger partial charge in [-0.15, -0.1) is 0 Å². The Balaban J connectivity index is 1.65. The average molecular weight is 517 g/mol. The fourth-order valence-corrected chi connectivity index (χ4v) is 4.45. The van der Waals surface area contributed by atoms with E-state index in [2.05, 4.69) is 9.97 Å². The van der Waals surface area contributed by atoms with Gasteiger partial charge in [-0.05, 0) is 42.0 Å². The van der Waals surface area contributed by atoms with E-state index in [-0.39, 0.29) is 23.7 Å². The van der Waals surface area contributed by atoms with Crippen LogP contribution in [-0.2, 0) is 20.6 Å². The quantitative estimate of drug-likeness (QED) is 0.343. The molecule has 0 unspecified atom stereocenters. The molecule has 3 aromatic heterocycles. The third-order valence-electron chi connectivity index (χ3n) is 5.54. The summed E-state index contributed by atoms with van der Waals surface area (Å²) in [5.74, 6) is 0.414. The van der Waals surface area contributed by atoms with Crippen molar-refractivity contribution in [3.63, 3.8) is 0 Å². The van der Waals surface area contributed by atoms with Crippen LogP contribution in [0.25, 0.3) is 22.1 Å². The molecule has 0 aliphatic rings. The van der Waals surface area contributed by atoms with E-state index in [9.17, 15) is 9.59 Å². The molecule has 0 saturated carbocycles. The molecule has 0 atom stereocenters. The number of pyridine rings is 1. The van der Waals surface area contributed by atoms with Crippen LogP contribution in [0.2, 0.25) is 15.1 Å². The molecule has 0 aliphatic heterocycles. The van der Waals surface area contributed by atoms with E-state index in [4.69, 9.17) is 39.5 Å². The lowest BCUT2D eigenvalue weighted by Gasteiger charge is -2.10. The van der Waals surface area contributed by atoms with Crippen LogP contribution in [0, 0.1) is 0 Å². The zero-order chi connectivity index (χ0) is 24.1. The highest BCUT2D eigenvalue weighted by atomic mass is 35.5. The largest absolute Gasteiger partial charge is 0.423 e. The van der Waals surface area contributed by atoms with Gasteiger partial charge in [0.05, 0.1) is 11.6 Å². The van der Waals surface area contributed by atoms with E-state index >= 15 is 0 Å². The SMILES string of the molecule is Cn1c(Oc2ccc(Cl)c3cccnc23)nc2c1c(=O)n(Cc1ccc(Cl)cc1Cl)c(=O)n2C. The standard InChI is InChI=1S/C23H16Cl3N5O3/c1-29-19-20(28-22(29)34-17-8-7-15(25)14-4-3-9-27-18(14)17)30(2)23(33)31(21(19)32)11-12-5-6-13(24)10-16(12)26/h3-10H,11H2,1-2H3. The minimum absolute atomic E-state index is 0.0233. The maximum atomic E-state index is 13.4. The first kappa shape index (κ1) is 22.5. The van der Waals surface area contributed by atoms with Crippen molar-refractivity contribution in [3.8, 4) is 11.8 Å². The summed E-state index contributed by atoms with van der Waals surface area (Å²) in [4.78, 5) is 35.2. The smallest absolute Gasteiger partial charge is 0.332 e. The Morgan fingerprint density at radius 3 is 2.53 bits per heavy atom. The Bertz CT molecular complexity index is 1720. The van der Waals surface area contributed by atoms with E-state index in [0.29, 0.717) is 31.9 Å². The van der Waals surface area contributed by atoms with Crippen molar-refractivity contribution in [2.24, 2.45) is 14.1 Å². The van der Waals surface area contributed by atoms with E-state index in [0.717, 1.165) is 9.95 Å². The van der Waals surface area contributed by atoms with Crippen molar-refractivity contribution in [1.82, 2.24) is 23.7 Å². The third kappa shape index (κ3) is 3.64. The highest BCUT2D eigenvalue weighted by molar-refractivity contribution is 6.35. The number of hydrogen-bond acceptors (Lipinski definition) is 5. The summed E-state index contributed by atoms with van der Waals surface area (Å²) in [5.41, 5.74) is 0.470. The first-order valence-electron chi connectivity index (χ1n) is 10.1. The molecule has 3 heterocycles. The zero-order valence-corrected chi connectivity index (χ0v) is 20.2. The minimum atomic E-state index is -0.535. The summed E-state index contributed by atoms with van der Waals surface area (Å²) in [6, 6.07) is 12.0. The molecular weight excluding hydrogens is 501 g/mol. The molecule has 34 heavy (non-hydrogen) atoms.